The average molecular weight is 347 g/mol. The second-order valence-electron chi connectivity index (χ2n) is 5.13. The largest absolute Gasteiger partial charge is 0.370 e. The van der Waals surface area contributed by atoms with Gasteiger partial charge in [0.1, 0.15) is 11.5 Å². The van der Waals surface area contributed by atoms with E-state index in [4.69, 9.17) is 11.5 Å². The van der Waals surface area contributed by atoms with E-state index < -0.39 is 6.03 Å². The summed E-state index contributed by atoms with van der Waals surface area (Å²) in [5.41, 5.74) is 13.3. The lowest BCUT2D eigenvalue weighted by molar-refractivity contribution is 0.259. The second-order valence-corrected chi connectivity index (χ2v) is 5.99. The van der Waals surface area contributed by atoms with Crippen molar-refractivity contribution < 1.29 is 4.79 Å². The molecule has 24 heavy (non-hydrogen) atoms. The number of nitrogens with two attached hydrogens (primary N) is 2. The molecule has 6 N–H and O–H groups in total. The van der Waals surface area contributed by atoms with Gasteiger partial charge in [0.25, 0.3) is 0 Å². The average Bonchev–Trinajstić information content (AvgIpc) is 2.97. The summed E-state index contributed by atoms with van der Waals surface area (Å²) >= 11 is 1.41. The lowest BCUT2D eigenvalue weighted by atomic mass is 10.2. The van der Waals surface area contributed by atoms with Crippen molar-refractivity contribution in [2.24, 2.45) is 16.5 Å². The topological polar surface area (TPSA) is 131 Å². The van der Waals surface area contributed by atoms with Crippen LogP contribution in [0.1, 0.15) is 25.3 Å². The standard InChI is InChI=1S/C15H21N7OS/c1-3-4-7-18-13(16)22-15-19-10(8-24-15)12-9(2)5-6-11(20-12)21-14(17)23/h5-6,8H,3-4,7H2,1-2H3,(H3,16,18,19,22)(H3,17,20,21,23). The summed E-state index contributed by atoms with van der Waals surface area (Å²) in [4.78, 5) is 24.0. The Morgan fingerprint density at radius 3 is 2.79 bits per heavy atom. The van der Waals surface area contributed by atoms with Crippen LogP contribution in [0, 0.1) is 6.92 Å². The van der Waals surface area contributed by atoms with Crippen LogP contribution in [-0.2, 0) is 0 Å². The van der Waals surface area contributed by atoms with Crippen molar-refractivity contribution in [1.29, 1.82) is 0 Å². The number of urea groups is 1. The number of nitrogens with one attached hydrogen (secondary N) is 2. The fraction of sp³-hybridized carbons (Fsp3) is 0.333. The number of unbranched alkanes of at least 4 members (excludes halogenated alkanes) is 1. The Labute approximate surface area is 144 Å². The molecular formula is C15H21N7OS. The van der Waals surface area contributed by atoms with E-state index in [-0.39, 0.29) is 0 Å². The highest BCUT2D eigenvalue weighted by atomic mass is 32.1. The number of guanidine groups is 1. The van der Waals surface area contributed by atoms with Crippen molar-refractivity contribution in [3.05, 3.63) is 23.1 Å². The van der Waals surface area contributed by atoms with Gasteiger partial charge in [-0.3, -0.25) is 10.3 Å². The van der Waals surface area contributed by atoms with Gasteiger partial charge >= 0.3 is 6.03 Å². The summed E-state index contributed by atoms with van der Waals surface area (Å²) in [6, 6.07) is 2.88. The van der Waals surface area contributed by atoms with Crippen molar-refractivity contribution in [2.75, 3.05) is 17.2 Å². The van der Waals surface area contributed by atoms with Crippen molar-refractivity contribution in [3.63, 3.8) is 0 Å². The fourth-order valence-electron chi connectivity index (χ4n) is 1.93. The number of carbonyl (C=O) groups is 1. The van der Waals surface area contributed by atoms with Crippen LogP contribution in [0.2, 0.25) is 0 Å². The third-order valence-electron chi connectivity index (χ3n) is 3.12. The molecule has 9 heteroatoms. The molecule has 0 aliphatic heterocycles. The van der Waals surface area contributed by atoms with Crippen molar-refractivity contribution in [1.82, 2.24) is 9.97 Å². The summed E-state index contributed by atoms with van der Waals surface area (Å²) in [6.07, 6.45) is 2.06. The molecule has 0 aromatic carbocycles. The number of aryl methyl sites for hydroxylation is 1. The van der Waals surface area contributed by atoms with E-state index in [0.29, 0.717) is 34.8 Å². The molecule has 8 nitrogen and oxygen atoms in total. The summed E-state index contributed by atoms with van der Waals surface area (Å²) < 4.78 is 0. The van der Waals surface area contributed by atoms with Gasteiger partial charge in [-0.1, -0.05) is 19.4 Å². The van der Waals surface area contributed by atoms with Crippen LogP contribution in [0.3, 0.4) is 0 Å². The van der Waals surface area contributed by atoms with E-state index in [1.165, 1.54) is 11.3 Å². The summed E-state index contributed by atoms with van der Waals surface area (Å²) in [6.45, 7) is 4.71. The Hall–Kier alpha value is -2.68. The van der Waals surface area contributed by atoms with Crippen molar-refractivity contribution in [2.45, 2.75) is 26.7 Å². The molecule has 2 rings (SSSR count). The predicted octanol–water partition coefficient (Wildman–Crippen LogP) is 2.53. The quantitative estimate of drug-likeness (QED) is 0.362. The predicted molar refractivity (Wildman–Crippen MR) is 98.3 cm³/mol. The Bertz CT molecular complexity index is 741. The fourth-order valence-corrected chi connectivity index (χ4v) is 2.63. The molecule has 0 fully saturated rings. The number of anilines is 2. The third-order valence-corrected chi connectivity index (χ3v) is 3.88. The van der Waals surface area contributed by atoms with Crippen LogP contribution in [0.25, 0.3) is 11.4 Å². The Kier molecular flexibility index (Phi) is 6.07. The normalized spacial score (nSPS) is 11.3. The highest BCUT2D eigenvalue weighted by molar-refractivity contribution is 7.14. The molecule has 0 saturated carbocycles. The van der Waals surface area contributed by atoms with Gasteiger partial charge in [0.2, 0.25) is 0 Å². The molecule has 128 valence electrons. The summed E-state index contributed by atoms with van der Waals surface area (Å²) in [5, 5.41) is 7.94. The molecule has 0 aliphatic rings. The monoisotopic (exact) mass is 347 g/mol. The number of rotatable bonds is 6. The molecule has 0 radical (unpaired) electrons. The van der Waals surface area contributed by atoms with Gasteiger partial charge in [0.05, 0.1) is 5.69 Å². The van der Waals surface area contributed by atoms with Crippen molar-refractivity contribution >= 4 is 34.3 Å². The van der Waals surface area contributed by atoms with E-state index >= 15 is 0 Å². The molecule has 0 atom stereocenters. The number of amides is 2. The van der Waals surface area contributed by atoms with Gasteiger partial charge in [-0.25, -0.2) is 14.8 Å². The van der Waals surface area contributed by atoms with E-state index in [1.807, 2.05) is 18.4 Å². The smallest absolute Gasteiger partial charge is 0.317 e. The van der Waals surface area contributed by atoms with Crippen LogP contribution in [-0.4, -0.2) is 28.5 Å². The van der Waals surface area contributed by atoms with Crippen LogP contribution < -0.4 is 22.1 Å². The van der Waals surface area contributed by atoms with E-state index in [1.54, 1.807) is 6.07 Å². The Morgan fingerprint density at radius 2 is 2.08 bits per heavy atom. The lowest BCUT2D eigenvalue weighted by Gasteiger charge is -2.06. The first-order valence-corrected chi connectivity index (χ1v) is 8.44. The van der Waals surface area contributed by atoms with E-state index in [9.17, 15) is 4.79 Å². The number of thiazole rings is 1. The maximum atomic E-state index is 11.0. The zero-order valence-corrected chi connectivity index (χ0v) is 14.5. The molecule has 2 amide bonds. The molecular weight excluding hydrogens is 326 g/mol. The maximum Gasteiger partial charge on any atom is 0.317 e. The van der Waals surface area contributed by atoms with Gasteiger partial charge < -0.3 is 16.8 Å². The second kappa shape index (κ2) is 8.25. The van der Waals surface area contributed by atoms with E-state index in [0.717, 1.165) is 18.4 Å². The SMILES string of the molecule is CCCCN=C(N)Nc1nc(-c2nc(NC(N)=O)ccc2C)cs1. The van der Waals surface area contributed by atoms with Gasteiger partial charge in [-0.05, 0) is 25.0 Å². The first-order valence-electron chi connectivity index (χ1n) is 7.56. The minimum atomic E-state index is -0.658. The first-order chi connectivity index (χ1) is 11.5. The zero-order chi connectivity index (χ0) is 17.5. The van der Waals surface area contributed by atoms with Gasteiger partial charge in [0.15, 0.2) is 11.1 Å². The molecule has 0 saturated heterocycles. The third kappa shape index (κ3) is 4.92. The summed E-state index contributed by atoms with van der Waals surface area (Å²) in [7, 11) is 0. The minimum absolute atomic E-state index is 0.346. The number of aliphatic imine (C=N–C) groups is 1. The summed E-state index contributed by atoms with van der Waals surface area (Å²) in [5.74, 6) is 0.726. The molecule has 2 heterocycles. The number of nitrogens with zero attached hydrogens (tertiary/aromatic N) is 3. The molecule has 0 unspecified atom stereocenters. The molecule has 2 aromatic rings. The van der Waals surface area contributed by atoms with Gasteiger partial charge in [-0.15, -0.1) is 11.3 Å². The highest BCUT2D eigenvalue weighted by Crippen LogP contribution is 2.27. The highest BCUT2D eigenvalue weighted by Gasteiger charge is 2.11. The molecule has 2 aromatic heterocycles. The molecule has 0 bridgehead atoms. The minimum Gasteiger partial charge on any atom is -0.370 e. The number of hydrogen-bond donors (Lipinski definition) is 4. The van der Waals surface area contributed by atoms with Gasteiger partial charge in [-0.2, -0.15) is 0 Å². The first kappa shape index (κ1) is 17.7. The molecule has 0 aliphatic carbocycles. The lowest BCUT2D eigenvalue weighted by Crippen LogP contribution is -2.22. The van der Waals surface area contributed by atoms with Crippen LogP contribution in [0.15, 0.2) is 22.5 Å². The zero-order valence-electron chi connectivity index (χ0n) is 13.7. The van der Waals surface area contributed by atoms with E-state index in [2.05, 4.69) is 32.5 Å². The van der Waals surface area contributed by atoms with Crippen LogP contribution in [0.4, 0.5) is 15.7 Å². The molecule has 0 spiro atoms. The number of carbonyl (C=O) groups excluding carboxylic acids is 1. The van der Waals surface area contributed by atoms with Crippen LogP contribution >= 0.6 is 11.3 Å². The number of pyridine rings is 1. The number of primary amides is 1. The number of hydrogen-bond acceptors (Lipinski definition) is 5. The van der Waals surface area contributed by atoms with Crippen molar-refractivity contribution in [3.8, 4) is 11.4 Å². The Balaban J connectivity index is 2.15. The maximum absolute atomic E-state index is 11.0. The number of aromatic nitrogens is 2. The Morgan fingerprint density at radius 1 is 1.29 bits per heavy atom. The van der Waals surface area contributed by atoms with Crippen LogP contribution in [0.5, 0.6) is 0 Å². The van der Waals surface area contributed by atoms with Gasteiger partial charge in [0, 0.05) is 11.9 Å².